The molecule has 2 aliphatic heterocycles. The summed E-state index contributed by atoms with van der Waals surface area (Å²) in [6, 6.07) is 5.67. The molecule has 0 aliphatic carbocycles. The molecule has 0 spiro atoms. The lowest BCUT2D eigenvalue weighted by Gasteiger charge is -2.37. The Bertz CT molecular complexity index is 820. The van der Waals surface area contributed by atoms with E-state index >= 15 is 0 Å². The normalized spacial score (nSPS) is 23.2. The third-order valence-corrected chi connectivity index (χ3v) is 4.56. The zero-order chi connectivity index (χ0) is 19.7. The minimum Gasteiger partial charge on any atom is -0.372 e. The van der Waals surface area contributed by atoms with Gasteiger partial charge in [-0.15, -0.1) is 6.58 Å². The fourth-order valence-corrected chi connectivity index (χ4v) is 3.52. The van der Waals surface area contributed by atoms with Gasteiger partial charge >= 0.3 is 0 Å². The van der Waals surface area contributed by atoms with Gasteiger partial charge in [0.2, 0.25) is 0 Å². The first-order valence-corrected chi connectivity index (χ1v) is 8.70. The molecule has 2 aliphatic rings. The summed E-state index contributed by atoms with van der Waals surface area (Å²) in [6.45, 7) is 8.51. The summed E-state index contributed by atoms with van der Waals surface area (Å²) in [5, 5.41) is 10.9. The summed E-state index contributed by atoms with van der Waals surface area (Å²) < 4.78 is 5.73. The Morgan fingerprint density at radius 1 is 1.19 bits per heavy atom. The van der Waals surface area contributed by atoms with Gasteiger partial charge < -0.3 is 9.64 Å². The van der Waals surface area contributed by atoms with Crippen LogP contribution in [0.3, 0.4) is 0 Å². The van der Waals surface area contributed by atoms with Crippen molar-refractivity contribution in [2.75, 3.05) is 19.6 Å². The second-order valence-electron chi connectivity index (χ2n) is 6.70. The van der Waals surface area contributed by atoms with Crippen LogP contribution in [-0.4, -0.2) is 58.4 Å². The summed E-state index contributed by atoms with van der Waals surface area (Å²) in [6.07, 6.45) is 1.32. The number of carbonyl (C=O) groups is 2. The van der Waals surface area contributed by atoms with Gasteiger partial charge in [-0.2, -0.15) is 0 Å². The number of morpholine rings is 1. The number of non-ortho nitro benzene ring substituents is 1. The molecule has 1 fully saturated rings. The maximum Gasteiger partial charge on any atom is 0.278 e. The van der Waals surface area contributed by atoms with Gasteiger partial charge in [-0.05, 0) is 31.5 Å². The van der Waals surface area contributed by atoms with E-state index in [0.29, 0.717) is 24.4 Å². The molecule has 2 heterocycles. The zero-order valence-corrected chi connectivity index (χ0v) is 15.3. The minimum absolute atomic E-state index is 0.0748. The lowest BCUT2D eigenvalue weighted by Crippen LogP contribution is -2.47. The van der Waals surface area contributed by atoms with E-state index in [9.17, 15) is 19.7 Å². The average molecular weight is 371 g/mol. The van der Waals surface area contributed by atoms with Crippen LogP contribution in [-0.2, 0) is 14.3 Å². The molecule has 1 aromatic carbocycles. The highest BCUT2D eigenvalue weighted by atomic mass is 16.6. The summed E-state index contributed by atoms with van der Waals surface area (Å²) >= 11 is 0. The number of imide groups is 1. The molecule has 3 rings (SSSR count). The van der Waals surface area contributed by atoms with E-state index in [1.165, 1.54) is 30.3 Å². The predicted molar refractivity (Wildman–Crippen MR) is 98.5 cm³/mol. The Morgan fingerprint density at radius 2 is 1.78 bits per heavy atom. The molecule has 142 valence electrons. The predicted octanol–water partition coefficient (Wildman–Crippen LogP) is 1.97. The summed E-state index contributed by atoms with van der Waals surface area (Å²) in [5.74, 6) is -0.801. The van der Waals surface area contributed by atoms with Crippen LogP contribution in [0.15, 0.2) is 42.6 Å². The average Bonchev–Trinajstić information content (AvgIpc) is 2.86. The van der Waals surface area contributed by atoms with E-state index in [0.717, 1.165) is 4.90 Å². The van der Waals surface area contributed by atoms with Crippen molar-refractivity contribution in [2.24, 2.45) is 0 Å². The molecule has 0 saturated carbocycles. The van der Waals surface area contributed by atoms with Crippen molar-refractivity contribution in [3.8, 4) is 0 Å². The number of nitro benzene ring substituents is 1. The molecule has 1 saturated heterocycles. The molecular formula is C19H21N3O5. The fourth-order valence-electron chi connectivity index (χ4n) is 3.52. The summed E-state index contributed by atoms with van der Waals surface area (Å²) in [7, 11) is 0. The maximum atomic E-state index is 13.0. The number of ether oxygens (including phenoxy) is 1. The van der Waals surface area contributed by atoms with Crippen LogP contribution >= 0.6 is 0 Å². The smallest absolute Gasteiger partial charge is 0.278 e. The molecule has 0 radical (unpaired) electrons. The second kappa shape index (κ2) is 7.32. The van der Waals surface area contributed by atoms with E-state index in [1.54, 1.807) is 0 Å². The second-order valence-corrected chi connectivity index (χ2v) is 6.70. The van der Waals surface area contributed by atoms with Gasteiger partial charge in [-0.1, -0.05) is 6.08 Å². The molecule has 0 bridgehead atoms. The Labute approximate surface area is 156 Å². The van der Waals surface area contributed by atoms with E-state index in [4.69, 9.17) is 4.74 Å². The van der Waals surface area contributed by atoms with Crippen LogP contribution in [0, 0.1) is 10.1 Å². The molecule has 27 heavy (non-hydrogen) atoms. The lowest BCUT2D eigenvalue weighted by atomic mass is 10.0. The number of rotatable bonds is 5. The number of hydrogen-bond donors (Lipinski definition) is 0. The first kappa shape index (κ1) is 18.8. The van der Waals surface area contributed by atoms with Gasteiger partial charge in [0.25, 0.3) is 17.5 Å². The van der Waals surface area contributed by atoms with E-state index in [1.807, 2.05) is 18.7 Å². The number of nitrogens with zero attached hydrogens (tertiary/aromatic N) is 3. The Hall–Kier alpha value is -3.00. The van der Waals surface area contributed by atoms with Gasteiger partial charge in [-0.25, -0.2) is 0 Å². The zero-order valence-electron chi connectivity index (χ0n) is 15.3. The van der Waals surface area contributed by atoms with Crippen LogP contribution in [0.2, 0.25) is 0 Å². The van der Waals surface area contributed by atoms with Crippen molar-refractivity contribution in [2.45, 2.75) is 26.1 Å². The molecule has 8 nitrogen and oxygen atoms in total. The third kappa shape index (κ3) is 3.48. The molecular weight excluding hydrogens is 350 g/mol. The van der Waals surface area contributed by atoms with Crippen molar-refractivity contribution in [1.82, 2.24) is 9.80 Å². The number of benzene rings is 1. The van der Waals surface area contributed by atoms with Gasteiger partial charge in [0.15, 0.2) is 0 Å². The quantitative estimate of drug-likeness (QED) is 0.340. The molecule has 2 atom stereocenters. The van der Waals surface area contributed by atoms with Crippen LogP contribution in [0.25, 0.3) is 5.57 Å². The number of nitro groups is 1. The minimum atomic E-state index is -0.504. The fraction of sp³-hybridized carbons (Fsp3) is 0.368. The Balaban J connectivity index is 2.08. The molecule has 8 heteroatoms. The van der Waals surface area contributed by atoms with Crippen LogP contribution < -0.4 is 0 Å². The summed E-state index contributed by atoms with van der Waals surface area (Å²) in [4.78, 5) is 39.3. The van der Waals surface area contributed by atoms with E-state index in [2.05, 4.69) is 6.58 Å². The van der Waals surface area contributed by atoms with Crippen LogP contribution in [0.5, 0.6) is 0 Å². The molecule has 2 unspecified atom stereocenters. The van der Waals surface area contributed by atoms with Gasteiger partial charge in [0.1, 0.15) is 5.70 Å². The van der Waals surface area contributed by atoms with Gasteiger partial charge in [0, 0.05) is 31.8 Å². The van der Waals surface area contributed by atoms with Crippen molar-refractivity contribution >= 4 is 23.1 Å². The van der Waals surface area contributed by atoms with Crippen molar-refractivity contribution < 1.29 is 19.2 Å². The van der Waals surface area contributed by atoms with Crippen LogP contribution in [0.4, 0.5) is 5.69 Å². The maximum absolute atomic E-state index is 13.0. The third-order valence-electron chi connectivity index (χ3n) is 4.56. The van der Waals surface area contributed by atoms with Gasteiger partial charge in [0.05, 0.1) is 22.7 Å². The number of carbonyl (C=O) groups excluding carboxylic acids is 2. The lowest BCUT2D eigenvalue weighted by molar-refractivity contribution is -0.384. The van der Waals surface area contributed by atoms with Crippen molar-refractivity contribution in [3.63, 3.8) is 0 Å². The molecule has 2 amide bonds. The molecule has 1 aromatic rings. The Kier molecular flexibility index (Phi) is 5.09. The van der Waals surface area contributed by atoms with Crippen LogP contribution in [0.1, 0.15) is 19.4 Å². The first-order valence-electron chi connectivity index (χ1n) is 8.70. The van der Waals surface area contributed by atoms with Gasteiger partial charge in [-0.3, -0.25) is 24.6 Å². The number of hydrogen-bond acceptors (Lipinski definition) is 6. The Morgan fingerprint density at radius 3 is 2.30 bits per heavy atom. The molecule has 0 aromatic heterocycles. The number of amides is 2. The van der Waals surface area contributed by atoms with E-state index in [-0.39, 0.29) is 35.9 Å². The standard InChI is InChI=1S/C19H21N3O5/c1-4-9-21-18(23)16(14-5-7-15(8-6-14)22(25)26)17(19(21)24)20-10-12(2)27-13(3)11-20/h4-8,12-13H,1,9-11H2,2-3H3. The SMILES string of the molecule is C=CCN1C(=O)C(c2ccc([N+](=O)[O-])cc2)=C(N2CC(C)OC(C)C2)C1=O. The van der Waals surface area contributed by atoms with E-state index < -0.39 is 10.8 Å². The topological polar surface area (TPSA) is 93.0 Å². The highest BCUT2D eigenvalue weighted by molar-refractivity contribution is 6.35. The highest BCUT2D eigenvalue weighted by Gasteiger charge is 2.42. The first-order chi connectivity index (χ1) is 12.8. The largest absolute Gasteiger partial charge is 0.372 e. The highest BCUT2D eigenvalue weighted by Crippen LogP contribution is 2.33. The van der Waals surface area contributed by atoms with Crippen molar-refractivity contribution in [3.05, 3.63) is 58.3 Å². The van der Waals surface area contributed by atoms with Crippen molar-refractivity contribution in [1.29, 1.82) is 0 Å². The molecule has 0 N–H and O–H groups in total. The summed E-state index contributed by atoms with van der Waals surface area (Å²) in [5.41, 5.74) is 0.984. The monoisotopic (exact) mass is 371 g/mol.